The minimum atomic E-state index is 0.449. The first-order valence-electron chi connectivity index (χ1n) is 9.09. The van der Waals surface area contributed by atoms with E-state index in [4.69, 9.17) is 0 Å². The predicted molar refractivity (Wildman–Crippen MR) is 104 cm³/mol. The molecule has 2 aliphatic rings. The number of fused-ring (bicyclic) bond motifs is 1. The van der Waals surface area contributed by atoms with Gasteiger partial charge in [-0.2, -0.15) is 5.26 Å². The summed E-state index contributed by atoms with van der Waals surface area (Å²) in [6, 6.07) is 10.9. The third-order valence-electron chi connectivity index (χ3n) is 5.03. The molecule has 0 spiro atoms. The van der Waals surface area contributed by atoms with Crippen LogP contribution in [0.3, 0.4) is 0 Å². The van der Waals surface area contributed by atoms with Crippen molar-refractivity contribution in [2.24, 2.45) is 0 Å². The molecule has 1 aromatic heterocycles. The fraction of sp³-hybridized carbons (Fsp3) is 0.350. The Hall–Kier alpha value is -3.07. The molecule has 132 valence electrons. The Bertz CT molecular complexity index is 907. The largest absolute Gasteiger partial charge is 0.351 e. The highest BCUT2D eigenvalue weighted by Gasteiger charge is 2.27. The van der Waals surface area contributed by atoms with Gasteiger partial charge in [0.1, 0.15) is 17.5 Å². The average molecular weight is 346 g/mol. The topological polar surface area (TPSA) is 76.9 Å². The number of allylic oxidation sites excluding steroid dienone is 1. The molecule has 0 bridgehead atoms. The maximum absolute atomic E-state index is 9.93. The zero-order valence-electron chi connectivity index (χ0n) is 15.1. The number of anilines is 3. The fourth-order valence-corrected chi connectivity index (χ4v) is 3.37. The monoisotopic (exact) mass is 346 g/mol. The van der Waals surface area contributed by atoms with E-state index in [0.29, 0.717) is 23.3 Å². The lowest BCUT2D eigenvalue weighted by Gasteiger charge is -2.26. The zero-order valence-corrected chi connectivity index (χ0v) is 15.1. The van der Waals surface area contributed by atoms with E-state index in [-0.39, 0.29) is 0 Å². The minimum absolute atomic E-state index is 0.449. The molecule has 0 radical (unpaired) electrons. The Kier molecular flexibility index (Phi) is 4.21. The number of hydrogen-bond donors (Lipinski definition) is 2. The third-order valence-corrected chi connectivity index (χ3v) is 5.03. The van der Waals surface area contributed by atoms with Gasteiger partial charge in [0.05, 0.1) is 17.1 Å². The van der Waals surface area contributed by atoms with E-state index in [1.54, 1.807) is 6.20 Å². The lowest BCUT2D eigenvalue weighted by Crippen LogP contribution is -2.28. The fourth-order valence-electron chi connectivity index (χ4n) is 3.37. The molecule has 2 N–H and O–H groups in total. The van der Waals surface area contributed by atoms with Crippen LogP contribution in [0.2, 0.25) is 0 Å². The van der Waals surface area contributed by atoms with Gasteiger partial charge in [-0.25, -0.2) is 9.97 Å². The predicted octanol–water partition coefficient (Wildman–Crippen LogP) is 3.89. The summed E-state index contributed by atoms with van der Waals surface area (Å²) in [5.41, 5.74) is 4.20. The van der Waals surface area contributed by atoms with Crippen LogP contribution in [0, 0.1) is 18.3 Å². The number of rotatable bonds is 4. The lowest BCUT2D eigenvalue weighted by atomic mass is 9.93. The number of nitrogens with zero attached hydrogens (tertiary/aromatic N) is 4. The van der Waals surface area contributed by atoms with Crippen LogP contribution in [0.4, 0.5) is 17.3 Å². The summed E-state index contributed by atoms with van der Waals surface area (Å²) in [5, 5.41) is 16.7. The summed E-state index contributed by atoms with van der Waals surface area (Å²) >= 11 is 0. The van der Waals surface area contributed by atoms with Gasteiger partial charge in [-0.1, -0.05) is 12.1 Å². The van der Waals surface area contributed by atoms with Crippen molar-refractivity contribution >= 4 is 22.9 Å². The number of benzene rings is 1. The first kappa shape index (κ1) is 16.4. The van der Waals surface area contributed by atoms with Crippen LogP contribution in [-0.2, 0) is 0 Å². The van der Waals surface area contributed by atoms with E-state index in [9.17, 15) is 5.26 Å². The van der Waals surface area contributed by atoms with Crippen LogP contribution in [0.25, 0.3) is 5.57 Å². The molecule has 2 heterocycles. The van der Waals surface area contributed by atoms with E-state index in [2.05, 4.69) is 44.6 Å². The number of aromatic nitrogens is 2. The standard InChI is InChI=1S/C20H22N6/c1-3-26-17-10-5-4-9-16(17)24-19(26)15(11-21)18-13(2)12-22-20(25-18)23-14-7-6-8-14/h4-5,9-10,12,14,24H,3,6-8H2,1-2H3,(H,22,23,25). The average Bonchev–Trinajstić information content (AvgIpc) is 2.99. The second-order valence-corrected chi connectivity index (χ2v) is 6.72. The first-order valence-corrected chi connectivity index (χ1v) is 9.09. The smallest absolute Gasteiger partial charge is 0.223 e. The van der Waals surface area contributed by atoms with Crippen LogP contribution in [0.15, 0.2) is 36.3 Å². The van der Waals surface area contributed by atoms with Crippen LogP contribution in [0.5, 0.6) is 0 Å². The van der Waals surface area contributed by atoms with E-state index >= 15 is 0 Å². The number of nitriles is 1. The first-order chi connectivity index (χ1) is 12.7. The van der Waals surface area contributed by atoms with E-state index in [0.717, 1.165) is 42.1 Å². The van der Waals surface area contributed by atoms with Gasteiger partial charge in [0.2, 0.25) is 5.95 Å². The maximum atomic E-state index is 9.93. The molecule has 0 amide bonds. The third kappa shape index (κ3) is 2.76. The highest BCUT2D eigenvalue weighted by molar-refractivity contribution is 5.91. The summed E-state index contributed by atoms with van der Waals surface area (Å²) in [7, 11) is 0. The van der Waals surface area contributed by atoms with E-state index in [1.165, 1.54) is 6.42 Å². The molecule has 1 fully saturated rings. The van der Waals surface area contributed by atoms with Crippen molar-refractivity contribution in [2.45, 2.75) is 39.2 Å². The molecular formula is C20H22N6. The molecule has 0 atom stereocenters. The maximum Gasteiger partial charge on any atom is 0.223 e. The van der Waals surface area contributed by atoms with E-state index < -0.39 is 0 Å². The highest BCUT2D eigenvalue weighted by Crippen LogP contribution is 2.38. The van der Waals surface area contributed by atoms with Gasteiger partial charge < -0.3 is 15.5 Å². The van der Waals surface area contributed by atoms with Gasteiger partial charge in [0.25, 0.3) is 0 Å². The van der Waals surface area contributed by atoms with Crippen molar-refractivity contribution in [3.05, 3.63) is 47.5 Å². The molecule has 0 unspecified atom stereocenters. The van der Waals surface area contributed by atoms with Gasteiger partial charge in [0.15, 0.2) is 0 Å². The molecule has 0 saturated heterocycles. The van der Waals surface area contributed by atoms with Gasteiger partial charge in [-0.3, -0.25) is 0 Å². The van der Waals surface area contributed by atoms with Crippen LogP contribution in [0.1, 0.15) is 37.4 Å². The number of para-hydroxylation sites is 2. The minimum Gasteiger partial charge on any atom is -0.351 e. The number of hydrogen-bond acceptors (Lipinski definition) is 6. The van der Waals surface area contributed by atoms with Gasteiger partial charge in [-0.05, 0) is 50.8 Å². The summed E-state index contributed by atoms with van der Waals surface area (Å²) in [4.78, 5) is 11.2. The van der Waals surface area contributed by atoms with Crippen molar-refractivity contribution < 1.29 is 0 Å². The van der Waals surface area contributed by atoms with Crippen LogP contribution in [-0.4, -0.2) is 22.6 Å². The van der Waals surface area contributed by atoms with Crippen molar-refractivity contribution in [3.63, 3.8) is 0 Å². The second kappa shape index (κ2) is 6.68. The lowest BCUT2D eigenvalue weighted by molar-refractivity contribution is 0.443. The second-order valence-electron chi connectivity index (χ2n) is 6.72. The summed E-state index contributed by atoms with van der Waals surface area (Å²) in [6.45, 7) is 4.79. The van der Waals surface area contributed by atoms with Gasteiger partial charge in [0, 0.05) is 18.8 Å². The van der Waals surface area contributed by atoms with Gasteiger partial charge in [-0.15, -0.1) is 0 Å². The number of aryl methyl sites for hydroxylation is 1. The van der Waals surface area contributed by atoms with E-state index in [1.807, 2.05) is 25.1 Å². The Morgan fingerprint density at radius 3 is 2.88 bits per heavy atom. The summed E-state index contributed by atoms with van der Waals surface area (Å²) in [5.74, 6) is 1.38. The Balaban J connectivity index is 1.76. The molecule has 1 saturated carbocycles. The molecule has 1 aliphatic heterocycles. The molecule has 26 heavy (non-hydrogen) atoms. The zero-order chi connectivity index (χ0) is 18.1. The Labute approximate surface area is 153 Å². The Morgan fingerprint density at radius 2 is 2.19 bits per heavy atom. The quantitative estimate of drug-likeness (QED) is 0.818. The van der Waals surface area contributed by atoms with Crippen molar-refractivity contribution in [2.75, 3.05) is 22.1 Å². The van der Waals surface area contributed by atoms with Gasteiger partial charge >= 0.3 is 0 Å². The number of nitrogens with one attached hydrogen (secondary N) is 2. The van der Waals surface area contributed by atoms with Crippen molar-refractivity contribution in [3.8, 4) is 6.07 Å². The molecule has 1 aromatic carbocycles. The summed E-state index contributed by atoms with van der Waals surface area (Å²) in [6.07, 6.45) is 5.34. The SMILES string of the molecule is CCN1C(=C(C#N)c2nc(NC3CCC3)ncc2C)Nc2ccccc21. The highest BCUT2D eigenvalue weighted by atomic mass is 15.3. The Morgan fingerprint density at radius 1 is 1.38 bits per heavy atom. The van der Waals surface area contributed by atoms with Crippen LogP contribution >= 0.6 is 0 Å². The molecular weight excluding hydrogens is 324 g/mol. The van der Waals surface area contributed by atoms with Crippen LogP contribution < -0.4 is 15.5 Å². The van der Waals surface area contributed by atoms with Crippen molar-refractivity contribution in [1.82, 2.24) is 9.97 Å². The molecule has 2 aromatic rings. The van der Waals surface area contributed by atoms with Crippen molar-refractivity contribution in [1.29, 1.82) is 5.26 Å². The normalized spacial score (nSPS) is 17.8. The molecule has 1 aliphatic carbocycles. The molecule has 4 rings (SSSR count). The summed E-state index contributed by atoms with van der Waals surface area (Å²) < 4.78 is 0. The molecule has 6 heteroatoms. The molecule has 6 nitrogen and oxygen atoms in total.